The Morgan fingerprint density at radius 3 is 2.60 bits per heavy atom. The van der Waals surface area contributed by atoms with Gasteiger partial charge in [-0.3, -0.25) is 0 Å². The molecule has 1 aliphatic rings. The van der Waals surface area contributed by atoms with Crippen LogP contribution in [0.25, 0.3) is 0 Å². The summed E-state index contributed by atoms with van der Waals surface area (Å²) < 4.78 is 11.3. The van der Waals surface area contributed by atoms with E-state index in [-0.39, 0.29) is 0 Å². The van der Waals surface area contributed by atoms with Crippen molar-refractivity contribution in [2.75, 3.05) is 19.8 Å². The molecule has 0 aromatic carbocycles. The van der Waals surface area contributed by atoms with Crippen molar-refractivity contribution in [1.82, 2.24) is 0 Å². The van der Waals surface area contributed by atoms with E-state index in [1.807, 2.05) is 0 Å². The normalized spacial score (nSPS) is 27.2. The molecule has 0 aromatic heterocycles. The quantitative estimate of drug-likeness (QED) is 0.548. The van der Waals surface area contributed by atoms with Crippen molar-refractivity contribution >= 4 is 15.9 Å². The molecule has 0 N–H and O–H groups in total. The summed E-state index contributed by atoms with van der Waals surface area (Å²) >= 11 is 3.68. The average molecular weight is 279 g/mol. The van der Waals surface area contributed by atoms with Crippen LogP contribution in [-0.2, 0) is 9.47 Å². The van der Waals surface area contributed by atoms with E-state index in [2.05, 4.69) is 29.8 Å². The van der Waals surface area contributed by atoms with E-state index in [4.69, 9.17) is 9.47 Å². The molecular weight excluding hydrogens is 256 g/mol. The van der Waals surface area contributed by atoms with Crippen LogP contribution in [0, 0.1) is 5.92 Å². The fourth-order valence-corrected chi connectivity index (χ4v) is 2.56. The van der Waals surface area contributed by atoms with E-state index in [1.54, 1.807) is 0 Å². The Morgan fingerprint density at radius 1 is 1.20 bits per heavy atom. The highest BCUT2D eigenvalue weighted by atomic mass is 79.9. The summed E-state index contributed by atoms with van der Waals surface area (Å²) in [6, 6.07) is 0. The van der Waals surface area contributed by atoms with Gasteiger partial charge in [0.2, 0.25) is 0 Å². The molecule has 2 unspecified atom stereocenters. The van der Waals surface area contributed by atoms with Crippen LogP contribution >= 0.6 is 15.9 Å². The minimum Gasteiger partial charge on any atom is -0.379 e. The predicted octanol–water partition coefficient (Wildman–Crippen LogP) is 3.38. The standard InChI is InChI=1S/C12H23BrO2/c1-10(2)9-14-7-8-15-12-6-4-3-5-11(12)13/h10-12H,3-9H2,1-2H3. The van der Waals surface area contributed by atoms with Crippen molar-refractivity contribution in [3.8, 4) is 0 Å². The van der Waals surface area contributed by atoms with E-state index in [0.29, 0.717) is 16.8 Å². The SMILES string of the molecule is CC(C)COCCOC1CCCCC1Br. The Bertz CT molecular complexity index is 162. The Balaban J connectivity index is 1.99. The first-order valence-electron chi connectivity index (χ1n) is 6.03. The first kappa shape index (κ1) is 13.5. The molecular formula is C12H23BrO2. The number of hydrogen-bond acceptors (Lipinski definition) is 2. The minimum atomic E-state index is 0.404. The fourth-order valence-electron chi connectivity index (χ4n) is 1.82. The number of halogens is 1. The maximum atomic E-state index is 5.81. The Morgan fingerprint density at radius 2 is 1.93 bits per heavy atom. The number of rotatable bonds is 6. The van der Waals surface area contributed by atoms with Gasteiger partial charge >= 0.3 is 0 Å². The molecule has 1 rings (SSSR count). The van der Waals surface area contributed by atoms with Gasteiger partial charge < -0.3 is 9.47 Å². The average Bonchev–Trinajstić information content (AvgIpc) is 2.20. The molecule has 1 fully saturated rings. The van der Waals surface area contributed by atoms with E-state index in [9.17, 15) is 0 Å². The molecule has 0 aliphatic heterocycles. The Hall–Kier alpha value is 0.400. The summed E-state index contributed by atoms with van der Waals surface area (Å²) in [5.74, 6) is 0.614. The molecule has 1 saturated carbocycles. The van der Waals surface area contributed by atoms with Gasteiger partial charge in [-0.25, -0.2) is 0 Å². The van der Waals surface area contributed by atoms with Gasteiger partial charge in [0.25, 0.3) is 0 Å². The molecule has 0 heterocycles. The highest BCUT2D eigenvalue weighted by Crippen LogP contribution is 2.26. The number of ether oxygens (including phenoxy) is 2. The molecule has 0 bridgehead atoms. The van der Waals surface area contributed by atoms with Crippen molar-refractivity contribution in [2.24, 2.45) is 5.92 Å². The predicted molar refractivity (Wildman–Crippen MR) is 66.6 cm³/mol. The first-order valence-corrected chi connectivity index (χ1v) is 6.95. The van der Waals surface area contributed by atoms with Gasteiger partial charge in [-0.05, 0) is 18.8 Å². The largest absolute Gasteiger partial charge is 0.379 e. The third kappa shape index (κ3) is 5.88. The zero-order chi connectivity index (χ0) is 11.1. The second-order valence-electron chi connectivity index (χ2n) is 4.68. The Kier molecular flexibility index (Phi) is 6.86. The van der Waals surface area contributed by atoms with E-state index < -0.39 is 0 Å². The van der Waals surface area contributed by atoms with Gasteiger partial charge in [0.05, 0.1) is 19.3 Å². The van der Waals surface area contributed by atoms with Gasteiger partial charge in [0.15, 0.2) is 0 Å². The smallest absolute Gasteiger partial charge is 0.0704 e. The van der Waals surface area contributed by atoms with Crippen molar-refractivity contribution < 1.29 is 9.47 Å². The van der Waals surface area contributed by atoms with Crippen LogP contribution in [0.3, 0.4) is 0 Å². The highest BCUT2D eigenvalue weighted by molar-refractivity contribution is 9.09. The van der Waals surface area contributed by atoms with Gasteiger partial charge in [-0.1, -0.05) is 42.6 Å². The summed E-state index contributed by atoms with van der Waals surface area (Å²) in [6.45, 7) is 6.63. The lowest BCUT2D eigenvalue weighted by atomic mass is 9.98. The second kappa shape index (κ2) is 7.64. The van der Waals surface area contributed by atoms with Crippen molar-refractivity contribution in [3.05, 3.63) is 0 Å². The second-order valence-corrected chi connectivity index (χ2v) is 5.85. The van der Waals surface area contributed by atoms with Gasteiger partial charge in [-0.2, -0.15) is 0 Å². The van der Waals surface area contributed by atoms with Crippen LogP contribution in [-0.4, -0.2) is 30.8 Å². The van der Waals surface area contributed by atoms with E-state index in [1.165, 1.54) is 25.7 Å². The number of alkyl halides is 1. The minimum absolute atomic E-state index is 0.404. The molecule has 0 radical (unpaired) electrons. The third-order valence-corrected chi connectivity index (χ3v) is 3.68. The Labute approximate surface area is 102 Å². The molecule has 0 saturated heterocycles. The van der Waals surface area contributed by atoms with Crippen molar-refractivity contribution in [3.63, 3.8) is 0 Å². The number of hydrogen-bond donors (Lipinski definition) is 0. The topological polar surface area (TPSA) is 18.5 Å². The van der Waals surface area contributed by atoms with E-state index >= 15 is 0 Å². The summed E-state index contributed by atoms with van der Waals surface area (Å²) in [5.41, 5.74) is 0. The maximum absolute atomic E-state index is 5.81. The first-order chi connectivity index (χ1) is 7.20. The molecule has 3 heteroatoms. The molecule has 1 aliphatic carbocycles. The van der Waals surface area contributed by atoms with Crippen LogP contribution in [0.4, 0.5) is 0 Å². The van der Waals surface area contributed by atoms with Crippen molar-refractivity contribution in [1.29, 1.82) is 0 Å². The molecule has 15 heavy (non-hydrogen) atoms. The monoisotopic (exact) mass is 278 g/mol. The molecule has 0 amide bonds. The van der Waals surface area contributed by atoms with Crippen LogP contribution in [0.1, 0.15) is 39.5 Å². The van der Waals surface area contributed by atoms with Gasteiger partial charge in [0.1, 0.15) is 0 Å². The lowest BCUT2D eigenvalue weighted by molar-refractivity contribution is -0.0106. The van der Waals surface area contributed by atoms with Crippen LogP contribution in [0.2, 0.25) is 0 Å². The van der Waals surface area contributed by atoms with Crippen molar-refractivity contribution in [2.45, 2.75) is 50.5 Å². The van der Waals surface area contributed by atoms with Crippen LogP contribution < -0.4 is 0 Å². The van der Waals surface area contributed by atoms with Gasteiger partial charge in [-0.15, -0.1) is 0 Å². The third-order valence-electron chi connectivity index (χ3n) is 2.63. The maximum Gasteiger partial charge on any atom is 0.0704 e. The summed E-state index contributed by atoms with van der Waals surface area (Å²) in [4.78, 5) is 0.552. The highest BCUT2D eigenvalue weighted by Gasteiger charge is 2.22. The zero-order valence-corrected chi connectivity index (χ0v) is 11.5. The zero-order valence-electron chi connectivity index (χ0n) is 9.88. The lowest BCUT2D eigenvalue weighted by Crippen LogP contribution is -2.29. The molecule has 2 nitrogen and oxygen atoms in total. The summed E-state index contributed by atoms with van der Waals surface area (Å²) in [7, 11) is 0. The van der Waals surface area contributed by atoms with Crippen LogP contribution in [0.15, 0.2) is 0 Å². The lowest BCUT2D eigenvalue weighted by Gasteiger charge is -2.27. The molecule has 0 spiro atoms. The van der Waals surface area contributed by atoms with E-state index in [0.717, 1.165) is 19.8 Å². The summed E-state index contributed by atoms with van der Waals surface area (Å²) in [6.07, 6.45) is 5.48. The molecule has 2 atom stereocenters. The van der Waals surface area contributed by atoms with Gasteiger partial charge in [0, 0.05) is 11.4 Å². The summed E-state index contributed by atoms with van der Waals surface area (Å²) in [5, 5.41) is 0. The van der Waals surface area contributed by atoms with Crippen LogP contribution in [0.5, 0.6) is 0 Å². The fraction of sp³-hybridized carbons (Fsp3) is 1.00. The molecule has 90 valence electrons. The molecule has 0 aromatic rings.